The van der Waals surface area contributed by atoms with E-state index in [-0.39, 0.29) is 18.9 Å². The summed E-state index contributed by atoms with van der Waals surface area (Å²) in [6.45, 7) is 0.642. The van der Waals surface area contributed by atoms with Gasteiger partial charge >= 0.3 is 0 Å². The van der Waals surface area contributed by atoms with Crippen LogP contribution in [0.2, 0.25) is 0 Å². The Hall–Kier alpha value is -0.800. The number of aliphatic hydroxyl groups is 1. The minimum absolute atomic E-state index is 0.00101. The number of hydrogen-bond donors (Lipinski definition) is 3. The molecule has 0 aromatic heterocycles. The molecule has 8 heteroatoms. The Labute approximate surface area is 129 Å². The first-order valence-corrected chi connectivity index (χ1v) is 9.28. The lowest BCUT2D eigenvalue weighted by atomic mass is 10.1. The number of nitrogen functional groups attached to an aromatic ring is 1. The quantitative estimate of drug-likeness (QED) is 0.494. The molecule has 0 aliphatic carbocycles. The van der Waals surface area contributed by atoms with Crippen molar-refractivity contribution in [2.75, 3.05) is 37.0 Å². The molecular formula is C13H20N2O4S2. The molecular weight excluding hydrogens is 312 g/mol. The lowest BCUT2D eigenvalue weighted by Crippen LogP contribution is -2.44. The number of ether oxygens (including phenoxy) is 1. The van der Waals surface area contributed by atoms with Crippen molar-refractivity contribution >= 4 is 27.5 Å². The van der Waals surface area contributed by atoms with Gasteiger partial charge in [0.05, 0.1) is 12.4 Å². The average Bonchev–Trinajstić information content (AvgIpc) is 2.87. The molecule has 1 aliphatic heterocycles. The second kappa shape index (κ2) is 6.97. The van der Waals surface area contributed by atoms with Gasteiger partial charge in [-0.25, -0.2) is 13.1 Å². The highest BCUT2D eigenvalue weighted by Gasteiger charge is 2.33. The van der Waals surface area contributed by atoms with Crippen LogP contribution in [0, 0.1) is 0 Å². The molecule has 118 valence electrons. The summed E-state index contributed by atoms with van der Waals surface area (Å²) in [4.78, 5) is 0.974. The molecule has 6 nitrogen and oxygen atoms in total. The van der Waals surface area contributed by atoms with Crippen LogP contribution >= 0.6 is 11.8 Å². The van der Waals surface area contributed by atoms with Crippen LogP contribution in [0.15, 0.2) is 29.2 Å². The molecule has 4 N–H and O–H groups in total. The van der Waals surface area contributed by atoms with Crippen molar-refractivity contribution in [3.8, 4) is 0 Å². The molecule has 0 amide bonds. The Morgan fingerprint density at radius 3 is 2.71 bits per heavy atom. The van der Waals surface area contributed by atoms with Gasteiger partial charge < -0.3 is 15.6 Å². The SMILES string of the molecule is Nc1ccc(SCCS(=O)(=O)NCC2(O)CCOC2)cc1. The lowest BCUT2D eigenvalue weighted by Gasteiger charge is -2.20. The van der Waals surface area contributed by atoms with Crippen molar-refractivity contribution in [2.45, 2.75) is 16.9 Å². The molecule has 21 heavy (non-hydrogen) atoms. The zero-order chi connectivity index (χ0) is 15.3. The second-order valence-corrected chi connectivity index (χ2v) is 8.18. The first kappa shape index (κ1) is 16.6. The molecule has 1 saturated heterocycles. The predicted octanol–water partition coefficient (Wildman–Crippen LogP) is 0.432. The van der Waals surface area contributed by atoms with E-state index in [1.165, 1.54) is 11.8 Å². The Bertz CT molecular complexity index is 554. The molecule has 0 radical (unpaired) electrons. The first-order chi connectivity index (χ1) is 9.89. The third kappa shape index (κ3) is 5.48. The van der Waals surface area contributed by atoms with Gasteiger partial charge in [0, 0.05) is 35.9 Å². The predicted molar refractivity (Wildman–Crippen MR) is 83.8 cm³/mol. The van der Waals surface area contributed by atoms with E-state index in [0.717, 1.165) is 4.90 Å². The second-order valence-electron chi connectivity index (χ2n) is 5.08. The molecule has 0 bridgehead atoms. The molecule has 0 saturated carbocycles. The zero-order valence-electron chi connectivity index (χ0n) is 11.6. The van der Waals surface area contributed by atoms with E-state index >= 15 is 0 Å². The summed E-state index contributed by atoms with van der Waals surface area (Å²) in [6.07, 6.45) is 0.454. The van der Waals surface area contributed by atoms with Crippen molar-refractivity contribution in [1.29, 1.82) is 0 Å². The summed E-state index contributed by atoms with van der Waals surface area (Å²) in [5.74, 6) is 0.438. The summed E-state index contributed by atoms with van der Waals surface area (Å²) >= 11 is 1.45. The normalized spacial score (nSPS) is 22.5. The van der Waals surface area contributed by atoms with Gasteiger partial charge in [-0.3, -0.25) is 0 Å². The van der Waals surface area contributed by atoms with E-state index in [0.29, 0.717) is 24.5 Å². The van der Waals surface area contributed by atoms with Crippen molar-refractivity contribution in [3.05, 3.63) is 24.3 Å². The maximum Gasteiger partial charge on any atom is 0.212 e. The van der Waals surface area contributed by atoms with E-state index in [4.69, 9.17) is 10.5 Å². The van der Waals surface area contributed by atoms with Crippen LogP contribution in [-0.4, -0.2) is 50.4 Å². The maximum atomic E-state index is 11.9. The van der Waals surface area contributed by atoms with Crippen LogP contribution in [0.1, 0.15) is 6.42 Å². The smallest absolute Gasteiger partial charge is 0.212 e. The molecule has 1 aromatic rings. The van der Waals surface area contributed by atoms with Gasteiger partial charge in [0.2, 0.25) is 10.0 Å². The third-order valence-electron chi connectivity index (χ3n) is 3.20. The van der Waals surface area contributed by atoms with Gasteiger partial charge in [-0.1, -0.05) is 0 Å². The maximum absolute atomic E-state index is 11.9. The van der Waals surface area contributed by atoms with E-state index in [1.807, 2.05) is 12.1 Å². The number of hydrogen-bond acceptors (Lipinski definition) is 6. The van der Waals surface area contributed by atoms with E-state index in [2.05, 4.69) is 4.72 Å². The molecule has 1 heterocycles. The third-order valence-corrected chi connectivity index (χ3v) is 5.80. The molecule has 1 aliphatic rings. The highest BCUT2D eigenvalue weighted by molar-refractivity contribution is 8.00. The van der Waals surface area contributed by atoms with Crippen molar-refractivity contribution in [3.63, 3.8) is 0 Å². The topological polar surface area (TPSA) is 102 Å². The summed E-state index contributed by atoms with van der Waals surface area (Å²) in [7, 11) is -3.40. The van der Waals surface area contributed by atoms with Crippen molar-refractivity contribution < 1.29 is 18.3 Å². The first-order valence-electron chi connectivity index (χ1n) is 6.64. The van der Waals surface area contributed by atoms with E-state index in [1.54, 1.807) is 12.1 Å². The highest BCUT2D eigenvalue weighted by Crippen LogP contribution is 2.20. The molecule has 1 atom stereocenters. The highest BCUT2D eigenvalue weighted by atomic mass is 32.2. The fraction of sp³-hybridized carbons (Fsp3) is 0.538. The Kier molecular flexibility index (Phi) is 5.50. The fourth-order valence-electron chi connectivity index (χ4n) is 1.89. The zero-order valence-corrected chi connectivity index (χ0v) is 13.3. The fourth-order valence-corrected chi connectivity index (χ4v) is 4.29. The van der Waals surface area contributed by atoms with Crippen LogP contribution in [0.3, 0.4) is 0 Å². The van der Waals surface area contributed by atoms with Crippen LogP contribution in [0.4, 0.5) is 5.69 Å². The molecule has 2 rings (SSSR count). The standard InChI is InChI=1S/C13H20N2O4S2/c14-11-1-3-12(4-2-11)20-7-8-21(17,18)15-9-13(16)5-6-19-10-13/h1-4,15-16H,5-10,14H2. The van der Waals surface area contributed by atoms with Crippen molar-refractivity contribution in [1.82, 2.24) is 4.72 Å². The molecule has 1 fully saturated rings. The Morgan fingerprint density at radius 2 is 2.10 bits per heavy atom. The largest absolute Gasteiger partial charge is 0.399 e. The molecule has 1 unspecified atom stereocenters. The van der Waals surface area contributed by atoms with E-state index < -0.39 is 15.6 Å². The summed E-state index contributed by atoms with van der Waals surface area (Å²) in [5, 5.41) is 10.0. The van der Waals surface area contributed by atoms with E-state index in [9.17, 15) is 13.5 Å². The van der Waals surface area contributed by atoms with Crippen LogP contribution in [-0.2, 0) is 14.8 Å². The van der Waals surface area contributed by atoms with Gasteiger partial charge in [0.25, 0.3) is 0 Å². The minimum Gasteiger partial charge on any atom is -0.399 e. The summed E-state index contributed by atoms with van der Waals surface area (Å²) in [6, 6.07) is 7.28. The van der Waals surface area contributed by atoms with Crippen LogP contribution in [0.25, 0.3) is 0 Å². The number of nitrogens with one attached hydrogen (secondary N) is 1. The van der Waals surface area contributed by atoms with Gasteiger partial charge in [0.15, 0.2) is 0 Å². The average molecular weight is 332 g/mol. The summed E-state index contributed by atoms with van der Waals surface area (Å²) in [5.41, 5.74) is 5.20. The number of benzene rings is 1. The minimum atomic E-state index is -3.40. The van der Waals surface area contributed by atoms with Gasteiger partial charge in [-0.2, -0.15) is 0 Å². The van der Waals surface area contributed by atoms with Gasteiger partial charge in [-0.15, -0.1) is 11.8 Å². The number of thioether (sulfide) groups is 1. The Morgan fingerprint density at radius 1 is 1.38 bits per heavy atom. The van der Waals surface area contributed by atoms with Gasteiger partial charge in [0.1, 0.15) is 5.60 Å². The number of nitrogens with two attached hydrogens (primary N) is 1. The van der Waals surface area contributed by atoms with Gasteiger partial charge in [-0.05, 0) is 24.3 Å². The lowest BCUT2D eigenvalue weighted by molar-refractivity contribution is 0.0315. The molecule has 1 aromatic carbocycles. The summed E-state index contributed by atoms with van der Waals surface area (Å²) < 4.78 is 31.3. The molecule has 0 spiro atoms. The van der Waals surface area contributed by atoms with Crippen molar-refractivity contribution in [2.24, 2.45) is 0 Å². The number of sulfonamides is 1. The number of rotatable bonds is 7. The van der Waals surface area contributed by atoms with Crippen LogP contribution < -0.4 is 10.5 Å². The Balaban J connectivity index is 1.74. The monoisotopic (exact) mass is 332 g/mol. The number of anilines is 1. The van der Waals surface area contributed by atoms with Crippen LogP contribution in [0.5, 0.6) is 0 Å².